The van der Waals surface area contributed by atoms with E-state index in [1.54, 1.807) is 0 Å². The second-order valence-corrected chi connectivity index (χ2v) is 30.3. The van der Waals surface area contributed by atoms with Gasteiger partial charge in [0, 0.05) is 13.1 Å². The van der Waals surface area contributed by atoms with Crippen LogP contribution in [0.2, 0.25) is 78.1 Å². The summed E-state index contributed by atoms with van der Waals surface area (Å²) < 4.78 is 26.4. The Kier molecular flexibility index (Phi) is 11.1. The van der Waals surface area contributed by atoms with Crippen molar-refractivity contribution in [1.82, 2.24) is 5.32 Å². The minimum absolute atomic E-state index is 0.662. The molecule has 0 aliphatic carbocycles. The van der Waals surface area contributed by atoms with Crippen LogP contribution in [0.25, 0.3) is 0 Å². The highest BCUT2D eigenvalue weighted by Gasteiger charge is 2.46. The molecule has 0 aromatic carbocycles. The van der Waals surface area contributed by atoms with E-state index in [1.165, 1.54) is 0 Å². The van der Waals surface area contributed by atoms with Gasteiger partial charge in [0.2, 0.25) is 0 Å². The lowest BCUT2D eigenvalue weighted by molar-refractivity contribution is 0.292. The van der Waals surface area contributed by atoms with Crippen LogP contribution in [0.1, 0.15) is 6.42 Å². The highest BCUT2D eigenvalue weighted by Crippen LogP contribution is 2.29. The fourth-order valence-corrected chi connectivity index (χ4v) is 26.8. The van der Waals surface area contributed by atoms with Crippen LogP contribution in [0.3, 0.4) is 0 Å². The third-order valence-electron chi connectivity index (χ3n) is 3.33. The zero-order valence-electron chi connectivity index (χ0n) is 19.7. The summed E-state index contributed by atoms with van der Waals surface area (Å²) >= 11 is 0. The fraction of sp³-hybridized carbons (Fsp3) is 1.00. The van der Waals surface area contributed by atoms with Crippen molar-refractivity contribution in [2.75, 3.05) is 19.6 Å². The summed E-state index contributed by atoms with van der Waals surface area (Å²) in [5, 5.41) is 3.37. The normalized spacial score (nSPS) is 14.7. The van der Waals surface area contributed by atoms with E-state index >= 15 is 0 Å². The molecule has 164 valence electrons. The standard InChI is InChI=1S/C16H46N2O4Si5/c1-23(2,3)19-25(7,8)21-27(11,16-12-14-18-15-13-17)22-26(9,10)20-24(4,5)6/h18H,12-17H2,1-11H3. The van der Waals surface area contributed by atoms with Gasteiger partial charge in [-0.2, -0.15) is 0 Å². The summed E-state index contributed by atoms with van der Waals surface area (Å²) in [6, 6.07) is 0.932. The number of hydrogen-bond acceptors (Lipinski definition) is 6. The second kappa shape index (κ2) is 10.7. The Labute approximate surface area is 173 Å². The SMILES string of the molecule is C[Si](C)(C)O[Si](C)(C)O[Si](C)(CCCNCCN)O[Si](C)(C)O[Si](C)(C)C. The van der Waals surface area contributed by atoms with Gasteiger partial charge in [0.15, 0.2) is 16.6 Å². The van der Waals surface area contributed by atoms with Crippen molar-refractivity contribution in [1.29, 1.82) is 0 Å². The summed E-state index contributed by atoms with van der Waals surface area (Å²) in [4.78, 5) is 0. The number of nitrogens with one attached hydrogen (secondary N) is 1. The third kappa shape index (κ3) is 15.4. The van der Waals surface area contributed by atoms with Crippen molar-refractivity contribution in [2.24, 2.45) is 5.73 Å². The molecule has 0 amide bonds. The molecule has 3 N–H and O–H groups in total. The molecule has 0 radical (unpaired) electrons. The summed E-state index contributed by atoms with van der Waals surface area (Å²) in [5.74, 6) is 0. The average molecular weight is 471 g/mol. The molecule has 0 saturated carbocycles. The largest absolute Gasteiger partial charge is 0.437 e. The molecule has 0 atom stereocenters. The van der Waals surface area contributed by atoms with Crippen molar-refractivity contribution in [2.45, 2.75) is 84.5 Å². The maximum atomic E-state index is 6.74. The van der Waals surface area contributed by atoms with Crippen LogP contribution in [0.4, 0.5) is 0 Å². The summed E-state index contributed by atoms with van der Waals surface area (Å²) in [6.45, 7) is 26.5. The number of rotatable bonds is 14. The molecule has 0 bridgehead atoms. The Morgan fingerprint density at radius 3 is 1.37 bits per heavy atom. The average Bonchev–Trinajstić information content (AvgIpc) is 2.29. The van der Waals surface area contributed by atoms with E-state index in [2.05, 4.69) is 77.3 Å². The molecule has 0 aliphatic heterocycles. The third-order valence-corrected chi connectivity index (χ3v) is 20.8. The quantitative estimate of drug-likeness (QED) is 0.293. The van der Waals surface area contributed by atoms with Crippen molar-refractivity contribution in [3.63, 3.8) is 0 Å². The van der Waals surface area contributed by atoms with Crippen LogP contribution in [0.5, 0.6) is 0 Å². The maximum absolute atomic E-state index is 6.74. The van der Waals surface area contributed by atoms with E-state index in [0.29, 0.717) is 6.54 Å². The van der Waals surface area contributed by atoms with E-state index in [1.807, 2.05) is 0 Å². The minimum Gasteiger partial charge on any atom is -0.437 e. The predicted molar refractivity (Wildman–Crippen MR) is 129 cm³/mol. The molecule has 27 heavy (non-hydrogen) atoms. The lowest BCUT2D eigenvalue weighted by Crippen LogP contribution is -2.59. The Morgan fingerprint density at radius 2 is 1.04 bits per heavy atom. The molecule has 0 unspecified atom stereocenters. The topological polar surface area (TPSA) is 75.0 Å². The Balaban J connectivity index is 5.24. The minimum atomic E-state index is -2.43. The highest BCUT2D eigenvalue weighted by molar-refractivity contribution is 6.90. The van der Waals surface area contributed by atoms with Crippen molar-refractivity contribution in [3.05, 3.63) is 0 Å². The zero-order chi connectivity index (χ0) is 21.6. The van der Waals surface area contributed by atoms with Crippen LogP contribution >= 0.6 is 0 Å². The molecule has 0 fully saturated rings. The maximum Gasteiger partial charge on any atom is 0.317 e. The first-order chi connectivity index (χ1) is 11.9. The van der Waals surface area contributed by atoms with Crippen molar-refractivity contribution < 1.29 is 16.5 Å². The Bertz CT molecular complexity index is 410. The lowest BCUT2D eigenvalue weighted by Gasteiger charge is -2.43. The first-order valence-corrected chi connectivity index (χ1v) is 25.1. The Hall–Kier alpha value is 0.844. The molecule has 0 heterocycles. The highest BCUT2D eigenvalue weighted by atomic mass is 28.5. The monoisotopic (exact) mass is 470 g/mol. The van der Waals surface area contributed by atoms with E-state index in [4.69, 9.17) is 22.2 Å². The first kappa shape index (κ1) is 27.8. The Morgan fingerprint density at radius 1 is 0.630 bits per heavy atom. The van der Waals surface area contributed by atoms with Crippen LogP contribution in [-0.2, 0) is 16.5 Å². The van der Waals surface area contributed by atoms with Crippen LogP contribution in [-0.4, -0.2) is 62.0 Å². The van der Waals surface area contributed by atoms with Crippen molar-refractivity contribution >= 4 is 42.3 Å². The first-order valence-electron chi connectivity index (χ1n) is 10.1. The van der Waals surface area contributed by atoms with Gasteiger partial charge in [-0.3, -0.25) is 0 Å². The smallest absolute Gasteiger partial charge is 0.317 e. The predicted octanol–water partition coefficient (Wildman–Crippen LogP) is 4.14. The molecule has 0 saturated heterocycles. The molecule has 0 spiro atoms. The van der Waals surface area contributed by atoms with E-state index in [9.17, 15) is 0 Å². The van der Waals surface area contributed by atoms with E-state index in [-0.39, 0.29) is 0 Å². The summed E-state index contributed by atoms with van der Waals surface area (Å²) in [7, 11) is -10.3. The molecule has 11 heteroatoms. The molecular weight excluding hydrogens is 425 g/mol. The van der Waals surface area contributed by atoms with Gasteiger partial charge in [0.05, 0.1) is 0 Å². The number of hydrogen-bond donors (Lipinski definition) is 2. The van der Waals surface area contributed by atoms with Gasteiger partial charge in [-0.25, -0.2) is 0 Å². The summed E-state index contributed by atoms with van der Waals surface area (Å²) in [5.41, 5.74) is 5.56. The number of nitrogens with two attached hydrogens (primary N) is 1. The van der Waals surface area contributed by atoms with Crippen LogP contribution < -0.4 is 11.1 Å². The molecule has 0 aliphatic rings. The van der Waals surface area contributed by atoms with Gasteiger partial charge in [-0.15, -0.1) is 0 Å². The molecular formula is C16H46N2O4Si5. The molecule has 0 rings (SSSR count). The van der Waals surface area contributed by atoms with Gasteiger partial charge < -0.3 is 27.5 Å². The molecule has 0 aromatic heterocycles. The fourth-order valence-electron chi connectivity index (χ4n) is 3.44. The zero-order valence-corrected chi connectivity index (χ0v) is 24.7. The van der Waals surface area contributed by atoms with E-state index in [0.717, 1.165) is 25.6 Å². The van der Waals surface area contributed by atoms with E-state index < -0.39 is 42.3 Å². The lowest BCUT2D eigenvalue weighted by atomic mass is 10.5. The molecule has 6 nitrogen and oxygen atoms in total. The van der Waals surface area contributed by atoms with Gasteiger partial charge in [-0.05, 0) is 91.0 Å². The van der Waals surface area contributed by atoms with Gasteiger partial charge in [0.1, 0.15) is 0 Å². The van der Waals surface area contributed by atoms with Crippen LogP contribution in [0.15, 0.2) is 0 Å². The van der Waals surface area contributed by atoms with Gasteiger partial charge >= 0.3 is 25.7 Å². The van der Waals surface area contributed by atoms with Gasteiger partial charge in [-0.1, -0.05) is 0 Å². The molecule has 0 aromatic rings. The summed E-state index contributed by atoms with van der Waals surface area (Å²) in [6.07, 6.45) is 1.01. The van der Waals surface area contributed by atoms with Gasteiger partial charge in [0.25, 0.3) is 0 Å². The van der Waals surface area contributed by atoms with Crippen LogP contribution in [0, 0.1) is 0 Å². The van der Waals surface area contributed by atoms with Crippen molar-refractivity contribution in [3.8, 4) is 0 Å². The second-order valence-electron chi connectivity index (χ2n) is 10.2.